The molecular formula is C15H18O3. The van der Waals surface area contributed by atoms with Crippen LogP contribution in [0.1, 0.15) is 30.7 Å². The first kappa shape index (κ1) is 11.7. The average molecular weight is 246 g/mol. The summed E-state index contributed by atoms with van der Waals surface area (Å²) < 4.78 is 10.9. The zero-order chi connectivity index (χ0) is 12.5. The molecule has 0 saturated carbocycles. The molecule has 4 atom stereocenters. The van der Waals surface area contributed by atoms with Gasteiger partial charge < -0.3 is 9.47 Å². The van der Waals surface area contributed by atoms with Gasteiger partial charge in [0.2, 0.25) is 0 Å². The molecule has 3 rings (SSSR count). The normalized spacial score (nSPS) is 34.3. The molecule has 1 aromatic rings. The largest absolute Gasteiger partial charge is 0.469 e. The van der Waals surface area contributed by atoms with E-state index in [2.05, 4.69) is 12.1 Å². The van der Waals surface area contributed by atoms with E-state index >= 15 is 0 Å². The minimum absolute atomic E-state index is 0.0430. The first-order valence-corrected chi connectivity index (χ1v) is 6.58. The smallest absolute Gasteiger partial charge is 0.311 e. The van der Waals surface area contributed by atoms with E-state index in [9.17, 15) is 4.79 Å². The number of benzene rings is 1. The quantitative estimate of drug-likeness (QED) is 0.752. The van der Waals surface area contributed by atoms with Crippen molar-refractivity contribution >= 4 is 5.97 Å². The van der Waals surface area contributed by atoms with E-state index in [0.29, 0.717) is 6.10 Å². The Balaban J connectivity index is 1.93. The fourth-order valence-corrected chi connectivity index (χ4v) is 3.36. The van der Waals surface area contributed by atoms with E-state index in [1.807, 2.05) is 18.2 Å². The predicted octanol–water partition coefficient (Wildman–Crippen LogP) is 2.51. The maximum absolute atomic E-state index is 12.0. The molecule has 0 amide bonds. The van der Waals surface area contributed by atoms with Crippen LogP contribution < -0.4 is 0 Å². The molecule has 0 N–H and O–H groups in total. The molecular weight excluding hydrogens is 228 g/mol. The summed E-state index contributed by atoms with van der Waals surface area (Å²) in [5.41, 5.74) is 1.23. The van der Waals surface area contributed by atoms with Crippen LogP contribution in [0.4, 0.5) is 0 Å². The van der Waals surface area contributed by atoms with E-state index in [4.69, 9.17) is 9.47 Å². The first-order valence-electron chi connectivity index (χ1n) is 6.58. The molecule has 3 heteroatoms. The van der Waals surface area contributed by atoms with Crippen molar-refractivity contribution in [1.82, 2.24) is 0 Å². The van der Waals surface area contributed by atoms with Gasteiger partial charge in [-0.05, 0) is 24.8 Å². The number of carbonyl (C=O) groups excluding carboxylic acids is 1. The second-order valence-electron chi connectivity index (χ2n) is 5.18. The Labute approximate surface area is 107 Å². The molecule has 2 fully saturated rings. The van der Waals surface area contributed by atoms with Crippen LogP contribution in [0.25, 0.3) is 0 Å². The second-order valence-corrected chi connectivity index (χ2v) is 5.18. The summed E-state index contributed by atoms with van der Waals surface area (Å²) in [7, 11) is 1.46. The van der Waals surface area contributed by atoms with E-state index in [1.54, 1.807) is 0 Å². The van der Waals surface area contributed by atoms with Gasteiger partial charge in [0.05, 0.1) is 25.2 Å². The first-order chi connectivity index (χ1) is 8.79. The Bertz CT molecular complexity index is 429. The van der Waals surface area contributed by atoms with Crippen molar-refractivity contribution in [3.8, 4) is 0 Å². The van der Waals surface area contributed by atoms with Gasteiger partial charge in [-0.15, -0.1) is 0 Å². The number of ether oxygens (including phenoxy) is 2. The zero-order valence-corrected chi connectivity index (χ0v) is 10.5. The summed E-state index contributed by atoms with van der Waals surface area (Å²) in [5, 5.41) is 0. The average Bonchev–Trinajstić information content (AvgIpc) is 2.80. The number of carbonyl (C=O) groups is 1. The molecule has 0 aliphatic carbocycles. The molecule has 96 valence electrons. The number of rotatable bonds is 2. The Kier molecular flexibility index (Phi) is 3.08. The number of methoxy groups -OCH3 is 1. The van der Waals surface area contributed by atoms with Crippen LogP contribution >= 0.6 is 0 Å². The molecule has 0 radical (unpaired) electrons. The van der Waals surface area contributed by atoms with Crippen LogP contribution in [0.5, 0.6) is 0 Å². The molecule has 3 nitrogen and oxygen atoms in total. The zero-order valence-electron chi connectivity index (χ0n) is 10.5. The lowest BCUT2D eigenvalue weighted by Crippen LogP contribution is -2.39. The lowest BCUT2D eigenvalue weighted by atomic mass is 9.79. The highest BCUT2D eigenvalue weighted by Gasteiger charge is 2.47. The number of esters is 1. The molecule has 2 bridgehead atoms. The highest BCUT2D eigenvalue weighted by Crippen LogP contribution is 2.45. The van der Waals surface area contributed by atoms with Gasteiger partial charge in [-0.1, -0.05) is 30.3 Å². The summed E-state index contributed by atoms with van der Waals surface area (Å²) in [6.45, 7) is 0. The van der Waals surface area contributed by atoms with Gasteiger partial charge in [-0.3, -0.25) is 4.79 Å². The van der Waals surface area contributed by atoms with E-state index < -0.39 is 0 Å². The highest BCUT2D eigenvalue weighted by atomic mass is 16.5. The van der Waals surface area contributed by atoms with Crippen molar-refractivity contribution in [2.75, 3.05) is 7.11 Å². The van der Waals surface area contributed by atoms with Crippen molar-refractivity contribution in [3.63, 3.8) is 0 Å². The van der Waals surface area contributed by atoms with Gasteiger partial charge in [0.15, 0.2) is 0 Å². The maximum atomic E-state index is 12.0. The highest BCUT2D eigenvalue weighted by molar-refractivity contribution is 5.74. The molecule has 1 aromatic carbocycles. The number of hydrogen-bond donors (Lipinski definition) is 0. The van der Waals surface area contributed by atoms with Crippen LogP contribution in [0.15, 0.2) is 30.3 Å². The van der Waals surface area contributed by atoms with Crippen LogP contribution in [0.2, 0.25) is 0 Å². The maximum Gasteiger partial charge on any atom is 0.311 e. The third-order valence-electron chi connectivity index (χ3n) is 4.19. The summed E-state index contributed by atoms with van der Waals surface area (Å²) in [6.07, 6.45) is 3.35. The second kappa shape index (κ2) is 4.73. The number of hydrogen-bond acceptors (Lipinski definition) is 3. The molecule has 18 heavy (non-hydrogen) atoms. The van der Waals surface area contributed by atoms with Crippen molar-refractivity contribution < 1.29 is 14.3 Å². The van der Waals surface area contributed by atoms with Gasteiger partial charge in [-0.25, -0.2) is 0 Å². The van der Waals surface area contributed by atoms with Gasteiger partial charge in [0.1, 0.15) is 0 Å². The molecule has 2 heterocycles. The molecule has 2 unspecified atom stereocenters. The van der Waals surface area contributed by atoms with Gasteiger partial charge in [-0.2, -0.15) is 0 Å². The third kappa shape index (κ3) is 1.93. The van der Waals surface area contributed by atoms with E-state index in [-0.39, 0.29) is 23.9 Å². The summed E-state index contributed by atoms with van der Waals surface area (Å²) in [6, 6.07) is 10.3. The van der Waals surface area contributed by atoms with Crippen LogP contribution in [-0.4, -0.2) is 25.3 Å². The fraction of sp³-hybridized carbons (Fsp3) is 0.533. The Hall–Kier alpha value is -1.35. The van der Waals surface area contributed by atoms with Gasteiger partial charge in [0.25, 0.3) is 0 Å². The molecule has 2 aliphatic rings. The molecule has 0 spiro atoms. The third-order valence-corrected chi connectivity index (χ3v) is 4.19. The summed E-state index contributed by atoms with van der Waals surface area (Å²) >= 11 is 0. The molecule has 2 aliphatic heterocycles. The fourth-order valence-electron chi connectivity index (χ4n) is 3.36. The lowest BCUT2D eigenvalue weighted by molar-refractivity contribution is -0.156. The van der Waals surface area contributed by atoms with Crippen molar-refractivity contribution in [1.29, 1.82) is 0 Å². The molecule has 0 aromatic heterocycles. The van der Waals surface area contributed by atoms with Crippen LogP contribution in [0, 0.1) is 5.92 Å². The minimum atomic E-state index is -0.142. The topological polar surface area (TPSA) is 35.5 Å². The Morgan fingerprint density at radius 2 is 2.06 bits per heavy atom. The van der Waals surface area contributed by atoms with E-state index in [0.717, 1.165) is 19.3 Å². The lowest BCUT2D eigenvalue weighted by Gasteiger charge is -2.35. The monoisotopic (exact) mass is 246 g/mol. The minimum Gasteiger partial charge on any atom is -0.469 e. The number of fused-ring (bicyclic) bond motifs is 2. The van der Waals surface area contributed by atoms with E-state index in [1.165, 1.54) is 12.7 Å². The van der Waals surface area contributed by atoms with Gasteiger partial charge in [0, 0.05) is 5.92 Å². The Morgan fingerprint density at radius 1 is 1.28 bits per heavy atom. The Morgan fingerprint density at radius 3 is 2.78 bits per heavy atom. The van der Waals surface area contributed by atoms with Crippen LogP contribution in [0.3, 0.4) is 0 Å². The van der Waals surface area contributed by atoms with Crippen molar-refractivity contribution in [2.24, 2.45) is 5.92 Å². The SMILES string of the molecule is COC(=O)[C@@H]1C2CCC(C[C@H]1c1ccccc1)O2. The van der Waals surface area contributed by atoms with Crippen molar-refractivity contribution in [3.05, 3.63) is 35.9 Å². The van der Waals surface area contributed by atoms with Gasteiger partial charge >= 0.3 is 5.97 Å². The predicted molar refractivity (Wildman–Crippen MR) is 67.2 cm³/mol. The van der Waals surface area contributed by atoms with Crippen LogP contribution in [-0.2, 0) is 14.3 Å². The standard InChI is InChI=1S/C15H18O3/c1-17-15(16)14-12(10-5-3-2-4-6-10)9-11-7-8-13(14)18-11/h2-6,11-14H,7-9H2,1H3/t11?,12-,13?,14-/m0/s1. The summed E-state index contributed by atoms with van der Waals surface area (Å²) in [4.78, 5) is 12.0. The summed E-state index contributed by atoms with van der Waals surface area (Å²) in [5.74, 6) is -0.0322. The molecule has 2 saturated heterocycles. The van der Waals surface area contributed by atoms with Crippen molar-refractivity contribution in [2.45, 2.75) is 37.4 Å².